The van der Waals surface area contributed by atoms with E-state index in [0.29, 0.717) is 15.4 Å². The molecule has 2 rings (SSSR count). The fourth-order valence-electron chi connectivity index (χ4n) is 1.61. The molecule has 0 radical (unpaired) electrons. The third-order valence-corrected chi connectivity index (χ3v) is 3.39. The van der Waals surface area contributed by atoms with Gasteiger partial charge in [-0.3, -0.25) is 0 Å². The molecular formula is C13H8BrCl2F. The molecule has 0 aliphatic heterocycles. The number of alkyl halides is 1. The predicted molar refractivity (Wildman–Crippen MR) is 74.5 cm³/mol. The molecule has 0 bridgehead atoms. The standard InChI is InChI=1S/C13H8BrCl2F/c14-7-8-1-9(5-13(17)2-8)10-3-11(15)6-12(16)4-10/h1-6H,7H2. The fourth-order valence-corrected chi connectivity index (χ4v) is 2.46. The number of hydrogen-bond donors (Lipinski definition) is 0. The number of hydrogen-bond acceptors (Lipinski definition) is 0. The summed E-state index contributed by atoms with van der Waals surface area (Å²) in [6, 6.07) is 10.0. The quantitative estimate of drug-likeness (QED) is 0.619. The maximum Gasteiger partial charge on any atom is 0.124 e. The molecule has 17 heavy (non-hydrogen) atoms. The van der Waals surface area contributed by atoms with Crippen LogP contribution < -0.4 is 0 Å². The Morgan fingerprint density at radius 2 is 1.47 bits per heavy atom. The van der Waals surface area contributed by atoms with Gasteiger partial charge in [-0.05, 0) is 47.0 Å². The van der Waals surface area contributed by atoms with Gasteiger partial charge < -0.3 is 0 Å². The lowest BCUT2D eigenvalue weighted by atomic mass is 10.0. The minimum absolute atomic E-state index is 0.270. The van der Waals surface area contributed by atoms with E-state index in [1.54, 1.807) is 18.2 Å². The smallest absolute Gasteiger partial charge is 0.124 e. The second-order valence-electron chi connectivity index (χ2n) is 3.64. The van der Waals surface area contributed by atoms with Gasteiger partial charge in [0.05, 0.1) is 0 Å². The third-order valence-electron chi connectivity index (χ3n) is 2.31. The first-order valence-corrected chi connectivity index (χ1v) is 6.78. The van der Waals surface area contributed by atoms with Crippen LogP contribution in [-0.4, -0.2) is 0 Å². The summed E-state index contributed by atoms with van der Waals surface area (Å²) >= 11 is 15.2. The summed E-state index contributed by atoms with van der Waals surface area (Å²) in [5.74, 6) is -0.270. The largest absolute Gasteiger partial charge is 0.207 e. The third kappa shape index (κ3) is 3.21. The summed E-state index contributed by atoms with van der Waals surface area (Å²) in [5.41, 5.74) is 2.45. The number of halogens is 4. The van der Waals surface area contributed by atoms with Crippen molar-refractivity contribution in [2.45, 2.75) is 5.33 Å². The van der Waals surface area contributed by atoms with E-state index in [0.717, 1.165) is 16.7 Å². The van der Waals surface area contributed by atoms with Gasteiger partial charge in [0.1, 0.15) is 5.82 Å². The first-order valence-electron chi connectivity index (χ1n) is 4.90. The van der Waals surface area contributed by atoms with Crippen LogP contribution in [0.3, 0.4) is 0 Å². The summed E-state index contributed by atoms with van der Waals surface area (Å²) in [6.45, 7) is 0. The zero-order valence-electron chi connectivity index (χ0n) is 8.68. The van der Waals surface area contributed by atoms with Gasteiger partial charge >= 0.3 is 0 Å². The van der Waals surface area contributed by atoms with Crippen LogP contribution >= 0.6 is 39.1 Å². The maximum absolute atomic E-state index is 13.4. The molecule has 0 amide bonds. The van der Waals surface area contributed by atoms with Gasteiger partial charge in [0.25, 0.3) is 0 Å². The van der Waals surface area contributed by atoms with Crippen molar-refractivity contribution in [3.8, 4) is 11.1 Å². The van der Waals surface area contributed by atoms with Crippen molar-refractivity contribution in [2.75, 3.05) is 0 Å². The zero-order valence-corrected chi connectivity index (χ0v) is 11.8. The lowest BCUT2D eigenvalue weighted by molar-refractivity contribution is 0.627. The second kappa shape index (κ2) is 5.38. The van der Waals surface area contributed by atoms with Gasteiger partial charge in [0, 0.05) is 15.4 Å². The van der Waals surface area contributed by atoms with Crippen molar-refractivity contribution < 1.29 is 4.39 Å². The molecule has 0 atom stereocenters. The molecule has 88 valence electrons. The van der Waals surface area contributed by atoms with E-state index in [9.17, 15) is 4.39 Å². The Kier molecular flexibility index (Phi) is 4.08. The van der Waals surface area contributed by atoms with Gasteiger partial charge in [-0.25, -0.2) is 4.39 Å². The van der Waals surface area contributed by atoms with Crippen molar-refractivity contribution in [2.24, 2.45) is 0 Å². The van der Waals surface area contributed by atoms with E-state index in [1.807, 2.05) is 6.07 Å². The zero-order chi connectivity index (χ0) is 12.4. The van der Waals surface area contributed by atoms with Crippen LogP contribution in [0.4, 0.5) is 4.39 Å². The Morgan fingerprint density at radius 3 is 2.06 bits per heavy atom. The highest BCUT2D eigenvalue weighted by molar-refractivity contribution is 9.08. The summed E-state index contributed by atoms with van der Waals surface area (Å²) in [4.78, 5) is 0. The Hall–Kier alpha value is -0.570. The van der Waals surface area contributed by atoms with E-state index < -0.39 is 0 Å². The van der Waals surface area contributed by atoms with Crippen LogP contribution in [0, 0.1) is 5.82 Å². The van der Waals surface area contributed by atoms with Crippen molar-refractivity contribution >= 4 is 39.1 Å². The van der Waals surface area contributed by atoms with E-state index in [1.165, 1.54) is 12.1 Å². The summed E-state index contributed by atoms with van der Waals surface area (Å²) in [5, 5.41) is 1.68. The van der Waals surface area contributed by atoms with Crippen LogP contribution in [0.2, 0.25) is 10.0 Å². The van der Waals surface area contributed by atoms with Crippen LogP contribution in [-0.2, 0) is 5.33 Å². The molecule has 0 aromatic heterocycles. The molecule has 2 aromatic rings. The first-order chi connectivity index (χ1) is 8.08. The molecule has 4 heteroatoms. The first kappa shape index (κ1) is 12.9. The summed E-state index contributed by atoms with van der Waals surface area (Å²) in [6.07, 6.45) is 0. The van der Waals surface area contributed by atoms with Crippen molar-refractivity contribution in [1.29, 1.82) is 0 Å². The van der Waals surface area contributed by atoms with E-state index >= 15 is 0 Å². The average molecular weight is 334 g/mol. The van der Waals surface area contributed by atoms with E-state index in [4.69, 9.17) is 23.2 Å². The molecule has 0 aliphatic carbocycles. The van der Waals surface area contributed by atoms with Gasteiger partial charge in [-0.1, -0.05) is 45.2 Å². The minimum Gasteiger partial charge on any atom is -0.207 e. The van der Waals surface area contributed by atoms with E-state index in [-0.39, 0.29) is 5.82 Å². The average Bonchev–Trinajstić information content (AvgIpc) is 2.26. The highest BCUT2D eigenvalue weighted by Gasteiger charge is 2.05. The molecule has 0 saturated carbocycles. The molecule has 0 nitrogen and oxygen atoms in total. The maximum atomic E-state index is 13.4. The van der Waals surface area contributed by atoms with Crippen LogP contribution in [0.1, 0.15) is 5.56 Å². The van der Waals surface area contributed by atoms with Gasteiger partial charge in [0.2, 0.25) is 0 Å². The molecule has 0 saturated heterocycles. The second-order valence-corrected chi connectivity index (χ2v) is 5.07. The van der Waals surface area contributed by atoms with Gasteiger partial charge in [-0.2, -0.15) is 0 Å². The minimum atomic E-state index is -0.270. The normalized spacial score (nSPS) is 10.6. The van der Waals surface area contributed by atoms with Crippen LogP contribution in [0.5, 0.6) is 0 Å². The van der Waals surface area contributed by atoms with E-state index in [2.05, 4.69) is 15.9 Å². The molecular weight excluding hydrogens is 326 g/mol. The highest BCUT2D eigenvalue weighted by atomic mass is 79.9. The highest BCUT2D eigenvalue weighted by Crippen LogP contribution is 2.28. The topological polar surface area (TPSA) is 0 Å². The molecule has 0 fully saturated rings. The Morgan fingerprint density at radius 1 is 0.882 bits per heavy atom. The van der Waals surface area contributed by atoms with Gasteiger partial charge in [0.15, 0.2) is 0 Å². The summed E-state index contributed by atoms with van der Waals surface area (Å²) < 4.78 is 13.4. The Labute approximate surface area is 117 Å². The lowest BCUT2D eigenvalue weighted by Crippen LogP contribution is -1.86. The predicted octanol–water partition coefficient (Wildman–Crippen LogP) is 5.69. The molecule has 0 N–H and O–H groups in total. The molecule has 0 aliphatic rings. The number of rotatable bonds is 2. The summed E-state index contributed by atoms with van der Waals surface area (Å²) in [7, 11) is 0. The number of benzene rings is 2. The molecule has 2 aromatic carbocycles. The van der Waals surface area contributed by atoms with Crippen molar-refractivity contribution in [1.82, 2.24) is 0 Å². The monoisotopic (exact) mass is 332 g/mol. The van der Waals surface area contributed by atoms with Crippen LogP contribution in [0.25, 0.3) is 11.1 Å². The lowest BCUT2D eigenvalue weighted by Gasteiger charge is -2.06. The Balaban J connectivity index is 2.55. The van der Waals surface area contributed by atoms with Gasteiger partial charge in [-0.15, -0.1) is 0 Å². The van der Waals surface area contributed by atoms with Crippen molar-refractivity contribution in [3.05, 3.63) is 57.8 Å². The fraction of sp³-hybridized carbons (Fsp3) is 0.0769. The molecule has 0 unspecified atom stereocenters. The Bertz CT molecular complexity index is 535. The van der Waals surface area contributed by atoms with Crippen molar-refractivity contribution in [3.63, 3.8) is 0 Å². The van der Waals surface area contributed by atoms with Crippen LogP contribution in [0.15, 0.2) is 36.4 Å². The molecule has 0 heterocycles. The SMILES string of the molecule is Fc1cc(CBr)cc(-c2cc(Cl)cc(Cl)c2)c1. The molecule has 0 spiro atoms.